The van der Waals surface area contributed by atoms with Gasteiger partial charge in [0.2, 0.25) is 0 Å². The molecule has 0 fully saturated rings. The molecule has 160 valence electrons. The Morgan fingerprint density at radius 3 is 2.20 bits per heavy atom. The molecule has 1 heterocycles. The molecule has 2 aromatic rings. The number of carbonyl (C=O) groups excluding carboxylic acids is 2. The zero-order valence-electron chi connectivity index (χ0n) is 18.3. The van der Waals surface area contributed by atoms with E-state index in [0.717, 1.165) is 0 Å². The van der Waals surface area contributed by atoms with Crippen LogP contribution in [-0.2, 0) is 14.8 Å². The predicted molar refractivity (Wildman–Crippen MR) is 122 cm³/mol. The summed E-state index contributed by atoms with van der Waals surface area (Å²) in [6.45, 7) is 11.5. The van der Waals surface area contributed by atoms with Crippen LogP contribution in [0.4, 0.5) is 5.69 Å². The van der Waals surface area contributed by atoms with Gasteiger partial charge in [0.05, 0.1) is 16.4 Å². The van der Waals surface area contributed by atoms with Gasteiger partial charge >= 0.3 is 7.52 Å². The average Bonchev–Trinajstić information content (AvgIpc) is 2.75. The molecule has 2 atom stereocenters. The molecule has 0 amide bonds. The summed E-state index contributed by atoms with van der Waals surface area (Å²) in [6.07, 6.45) is 0. The Balaban J connectivity index is 0.000000757. The van der Waals surface area contributed by atoms with Gasteiger partial charge < -0.3 is 10.2 Å². The molecule has 0 radical (unpaired) electrons. The van der Waals surface area contributed by atoms with Crippen LogP contribution in [0, 0.1) is 5.92 Å². The SMILES string of the molecule is CC.CC.CC1(C)C(=O)C(C2=NP(=O)(O)c3ccccc3N2)C(=O)c2ccccc21. The Labute approximate surface area is 177 Å². The Morgan fingerprint density at radius 1 is 0.967 bits per heavy atom. The van der Waals surface area contributed by atoms with Crippen LogP contribution in [0.25, 0.3) is 0 Å². The van der Waals surface area contributed by atoms with Gasteiger partial charge in [-0.1, -0.05) is 64.1 Å². The Morgan fingerprint density at radius 2 is 1.53 bits per heavy atom. The minimum atomic E-state index is -4.06. The van der Waals surface area contributed by atoms with E-state index in [0.29, 0.717) is 16.8 Å². The molecule has 0 bridgehead atoms. The van der Waals surface area contributed by atoms with Crippen LogP contribution < -0.4 is 10.6 Å². The molecule has 2 aromatic carbocycles. The zero-order chi connectivity index (χ0) is 22.7. The maximum atomic E-state index is 13.1. The second kappa shape index (κ2) is 9.07. The van der Waals surface area contributed by atoms with Crippen molar-refractivity contribution >= 4 is 35.9 Å². The Bertz CT molecular complexity index is 1040. The predicted octanol–water partition coefficient (Wildman–Crippen LogP) is 4.73. The first-order valence-electron chi connectivity index (χ1n) is 10.2. The molecule has 1 aliphatic carbocycles. The first kappa shape index (κ1) is 23.7. The first-order chi connectivity index (χ1) is 14.2. The van der Waals surface area contributed by atoms with Crippen LogP contribution >= 0.6 is 7.52 Å². The molecule has 0 saturated carbocycles. The van der Waals surface area contributed by atoms with Crippen LogP contribution in [-0.4, -0.2) is 22.3 Å². The number of ketones is 2. The molecule has 0 saturated heterocycles. The summed E-state index contributed by atoms with van der Waals surface area (Å²) < 4.78 is 16.5. The maximum Gasteiger partial charge on any atom is 0.345 e. The van der Waals surface area contributed by atoms with E-state index in [-0.39, 0.29) is 16.9 Å². The minimum Gasteiger partial charge on any atom is -0.342 e. The number of hydrogen-bond donors (Lipinski definition) is 2. The molecule has 0 spiro atoms. The lowest BCUT2D eigenvalue weighted by Gasteiger charge is -2.36. The molecular formula is C23H29N2O4P. The lowest BCUT2D eigenvalue weighted by atomic mass is 9.66. The highest BCUT2D eigenvalue weighted by Crippen LogP contribution is 2.48. The molecule has 6 nitrogen and oxygen atoms in total. The molecule has 7 heteroatoms. The third-order valence-corrected chi connectivity index (χ3v) is 6.51. The molecule has 4 rings (SSSR count). The number of carbonyl (C=O) groups is 2. The van der Waals surface area contributed by atoms with E-state index >= 15 is 0 Å². The lowest BCUT2D eigenvalue weighted by molar-refractivity contribution is -0.124. The highest BCUT2D eigenvalue weighted by molar-refractivity contribution is 7.65. The third kappa shape index (κ3) is 3.90. The maximum absolute atomic E-state index is 13.1. The van der Waals surface area contributed by atoms with E-state index in [1.54, 1.807) is 56.3 Å². The summed E-state index contributed by atoms with van der Waals surface area (Å²) >= 11 is 0. The van der Waals surface area contributed by atoms with Gasteiger partial charge in [-0.25, -0.2) is 0 Å². The van der Waals surface area contributed by atoms with Gasteiger partial charge in [0.25, 0.3) is 0 Å². The lowest BCUT2D eigenvalue weighted by Crippen LogP contribution is -2.50. The van der Waals surface area contributed by atoms with E-state index in [9.17, 15) is 19.0 Å². The normalized spacial score (nSPS) is 23.3. The third-order valence-electron chi connectivity index (χ3n) is 5.00. The van der Waals surface area contributed by atoms with E-state index < -0.39 is 24.6 Å². The average molecular weight is 428 g/mol. The number of anilines is 1. The van der Waals surface area contributed by atoms with Crippen molar-refractivity contribution in [3.05, 3.63) is 59.7 Å². The molecule has 2 N–H and O–H groups in total. The van der Waals surface area contributed by atoms with Gasteiger partial charge in [-0.15, -0.1) is 0 Å². The largest absolute Gasteiger partial charge is 0.345 e. The van der Waals surface area contributed by atoms with E-state index in [4.69, 9.17) is 0 Å². The van der Waals surface area contributed by atoms with Crippen LogP contribution in [0.5, 0.6) is 0 Å². The highest BCUT2D eigenvalue weighted by Gasteiger charge is 2.49. The number of fused-ring (bicyclic) bond motifs is 2. The van der Waals surface area contributed by atoms with Crippen molar-refractivity contribution in [3.63, 3.8) is 0 Å². The van der Waals surface area contributed by atoms with E-state index in [1.165, 1.54) is 6.07 Å². The smallest absolute Gasteiger partial charge is 0.342 e. The fourth-order valence-corrected chi connectivity index (χ4v) is 4.88. The van der Waals surface area contributed by atoms with Crippen molar-refractivity contribution in [2.45, 2.75) is 47.0 Å². The topological polar surface area (TPSA) is 95.8 Å². The molecule has 1 aliphatic heterocycles. The molecular weight excluding hydrogens is 399 g/mol. The summed E-state index contributed by atoms with van der Waals surface area (Å²) in [4.78, 5) is 36.5. The number of nitrogens with one attached hydrogen (secondary N) is 1. The quantitative estimate of drug-likeness (QED) is 0.506. The molecule has 2 aliphatic rings. The number of benzene rings is 2. The monoisotopic (exact) mass is 428 g/mol. The van der Waals surface area contributed by atoms with Crippen molar-refractivity contribution in [1.29, 1.82) is 0 Å². The van der Waals surface area contributed by atoms with Gasteiger partial charge in [0, 0.05) is 5.56 Å². The fourth-order valence-electron chi connectivity index (χ4n) is 3.59. The molecule has 0 aromatic heterocycles. The van der Waals surface area contributed by atoms with Gasteiger partial charge in [0.1, 0.15) is 11.8 Å². The van der Waals surface area contributed by atoms with Crippen LogP contribution in [0.2, 0.25) is 0 Å². The summed E-state index contributed by atoms with van der Waals surface area (Å²) in [7, 11) is -4.06. The second-order valence-electron chi connectivity index (χ2n) is 7.00. The van der Waals surface area contributed by atoms with Crippen molar-refractivity contribution < 1.29 is 19.0 Å². The molecule has 2 unspecified atom stereocenters. The van der Waals surface area contributed by atoms with Gasteiger partial charge in [-0.3, -0.25) is 14.2 Å². The first-order valence-corrected chi connectivity index (χ1v) is 11.8. The van der Waals surface area contributed by atoms with Crippen LogP contribution in [0.3, 0.4) is 0 Å². The van der Waals surface area contributed by atoms with Crippen LogP contribution in [0.15, 0.2) is 53.3 Å². The summed E-state index contributed by atoms with van der Waals surface area (Å²) in [5.41, 5.74) is 0.588. The number of Topliss-reactive ketones (excluding diaryl/α,β-unsaturated/α-hetero) is 2. The van der Waals surface area contributed by atoms with Crippen LogP contribution in [0.1, 0.15) is 57.5 Å². The van der Waals surface area contributed by atoms with Gasteiger partial charge in [0.15, 0.2) is 11.6 Å². The van der Waals surface area contributed by atoms with Crippen molar-refractivity contribution in [2.24, 2.45) is 10.7 Å². The number of hydrogen-bond acceptors (Lipinski definition) is 4. The van der Waals surface area contributed by atoms with Gasteiger partial charge in [-0.05, 0) is 31.5 Å². The summed E-state index contributed by atoms with van der Waals surface area (Å²) in [5, 5.41) is 3.09. The van der Waals surface area contributed by atoms with Gasteiger partial charge in [-0.2, -0.15) is 4.76 Å². The summed E-state index contributed by atoms with van der Waals surface area (Å²) in [5.74, 6) is -2.04. The summed E-state index contributed by atoms with van der Waals surface area (Å²) in [6, 6.07) is 13.5. The standard InChI is InChI=1S/C19H17N2O4P.2C2H6/c1-19(2)12-8-4-3-7-11(12)16(22)15(17(19)23)18-20-13-9-5-6-10-14(13)26(24,25)21-18;2*1-2/h3-10,15H,1-2H3,(H2,20,21,24,25);2*1-2H3. The molecule has 30 heavy (non-hydrogen) atoms. The van der Waals surface area contributed by atoms with Crippen molar-refractivity contribution in [2.75, 3.05) is 5.32 Å². The van der Waals surface area contributed by atoms with E-state index in [2.05, 4.69) is 10.1 Å². The Hall–Kier alpha value is -2.56. The number of para-hydroxylation sites is 1. The number of amidine groups is 1. The Kier molecular flexibility index (Phi) is 7.17. The number of nitrogens with zero attached hydrogens (tertiary/aromatic N) is 1. The zero-order valence-corrected chi connectivity index (χ0v) is 19.2. The fraction of sp³-hybridized carbons (Fsp3) is 0.348. The highest BCUT2D eigenvalue weighted by atomic mass is 31.2. The number of rotatable bonds is 1. The van der Waals surface area contributed by atoms with Crippen molar-refractivity contribution in [3.8, 4) is 0 Å². The minimum absolute atomic E-state index is 0.0629. The van der Waals surface area contributed by atoms with Crippen molar-refractivity contribution in [1.82, 2.24) is 0 Å². The second-order valence-corrected chi connectivity index (χ2v) is 8.77. The van der Waals surface area contributed by atoms with E-state index in [1.807, 2.05) is 27.7 Å².